The fourth-order valence-corrected chi connectivity index (χ4v) is 4.55. The molecule has 1 aliphatic heterocycles. The van der Waals surface area contributed by atoms with Crippen LogP contribution in [0.4, 0.5) is 5.69 Å². The number of methoxy groups -OCH3 is 1. The normalized spacial score (nSPS) is 19.0. The molecule has 1 heterocycles. The molecule has 2 amide bonds. The zero-order valence-electron chi connectivity index (χ0n) is 16.4. The number of primary amides is 1. The highest BCUT2D eigenvalue weighted by atomic mass is 32.2. The van der Waals surface area contributed by atoms with Crippen LogP contribution in [-0.2, 0) is 9.59 Å². The lowest BCUT2D eigenvalue weighted by Crippen LogP contribution is -2.44. The van der Waals surface area contributed by atoms with Crippen LogP contribution in [0.2, 0.25) is 0 Å². The van der Waals surface area contributed by atoms with Gasteiger partial charge in [-0.2, -0.15) is 0 Å². The Balaban J connectivity index is 1.89. The van der Waals surface area contributed by atoms with Gasteiger partial charge in [0.2, 0.25) is 5.91 Å². The zero-order chi connectivity index (χ0) is 21.0. The highest BCUT2D eigenvalue weighted by Gasteiger charge is 2.37. The third-order valence-corrected chi connectivity index (χ3v) is 6.17. The lowest BCUT2D eigenvalue weighted by molar-refractivity contribution is -0.126. The molecule has 0 radical (unpaired) electrons. The molecule has 0 spiro atoms. The minimum atomic E-state index is -1.21. The number of nitrogens with two attached hydrogens (primary N) is 1. The number of aliphatic hydroxyl groups excluding tert-OH is 1. The second-order valence-corrected chi connectivity index (χ2v) is 8.10. The summed E-state index contributed by atoms with van der Waals surface area (Å²) in [5, 5.41) is 10.5. The number of benzene rings is 2. The molecule has 2 unspecified atom stereocenters. The lowest BCUT2D eigenvalue weighted by atomic mass is 10.1. The van der Waals surface area contributed by atoms with Crippen molar-refractivity contribution < 1.29 is 19.4 Å². The first-order valence-electron chi connectivity index (χ1n) is 9.26. The number of hydrogen-bond donors (Lipinski definition) is 2. The van der Waals surface area contributed by atoms with Crippen molar-refractivity contribution in [2.45, 2.75) is 16.2 Å². The summed E-state index contributed by atoms with van der Waals surface area (Å²) < 4.78 is 5.20. The van der Waals surface area contributed by atoms with E-state index in [-0.39, 0.29) is 12.5 Å². The Hall–Kier alpha value is -2.55. The topological polar surface area (TPSA) is 96.1 Å². The molecule has 0 fully saturated rings. The van der Waals surface area contributed by atoms with E-state index in [1.807, 2.05) is 48.5 Å². The molecular weight excluding hydrogens is 390 g/mol. The minimum absolute atomic E-state index is 0.107. The maximum atomic E-state index is 13.2. The van der Waals surface area contributed by atoms with Crippen LogP contribution in [0.25, 0.3) is 0 Å². The van der Waals surface area contributed by atoms with Crippen LogP contribution in [0.1, 0.15) is 10.8 Å². The number of thioether (sulfide) groups is 1. The van der Waals surface area contributed by atoms with Gasteiger partial charge in [-0.05, 0) is 36.9 Å². The molecule has 0 aromatic heterocycles. The summed E-state index contributed by atoms with van der Waals surface area (Å²) >= 11 is 1.46. The highest BCUT2D eigenvalue weighted by molar-refractivity contribution is 7.99. The predicted octanol–water partition coefficient (Wildman–Crippen LogP) is 1.65. The summed E-state index contributed by atoms with van der Waals surface area (Å²) in [5.41, 5.74) is 6.84. The first kappa shape index (κ1) is 21.2. The van der Waals surface area contributed by atoms with Crippen LogP contribution >= 0.6 is 11.8 Å². The van der Waals surface area contributed by atoms with Crippen molar-refractivity contribution in [1.29, 1.82) is 0 Å². The number of rotatable bonds is 7. The first-order chi connectivity index (χ1) is 13.9. The summed E-state index contributed by atoms with van der Waals surface area (Å²) in [7, 11) is 3.36. The molecule has 7 nitrogen and oxygen atoms in total. The van der Waals surface area contributed by atoms with Crippen LogP contribution in [0.3, 0.4) is 0 Å². The Kier molecular flexibility index (Phi) is 6.79. The summed E-state index contributed by atoms with van der Waals surface area (Å²) in [5.74, 6) is -0.0753. The number of para-hydroxylation sites is 1. The van der Waals surface area contributed by atoms with Crippen molar-refractivity contribution in [1.82, 2.24) is 4.90 Å². The summed E-state index contributed by atoms with van der Waals surface area (Å²) in [6.45, 7) is 0.898. The Morgan fingerprint density at radius 3 is 2.59 bits per heavy atom. The van der Waals surface area contributed by atoms with Crippen molar-refractivity contribution in [3.8, 4) is 5.75 Å². The highest BCUT2D eigenvalue weighted by Crippen LogP contribution is 2.45. The van der Waals surface area contributed by atoms with Gasteiger partial charge >= 0.3 is 0 Å². The van der Waals surface area contributed by atoms with Gasteiger partial charge in [-0.1, -0.05) is 24.3 Å². The Morgan fingerprint density at radius 2 is 1.93 bits per heavy atom. The minimum Gasteiger partial charge on any atom is -0.497 e. The maximum Gasteiger partial charge on any atom is 0.257 e. The molecule has 1 aliphatic rings. The molecule has 29 heavy (non-hydrogen) atoms. The molecule has 2 atom stereocenters. The first-order valence-corrected chi connectivity index (χ1v) is 10.1. The fourth-order valence-electron chi connectivity index (χ4n) is 3.28. The third kappa shape index (κ3) is 4.90. The van der Waals surface area contributed by atoms with E-state index in [2.05, 4.69) is 0 Å². The van der Waals surface area contributed by atoms with Gasteiger partial charge in [0.25, 0.3) is 5.91 Å². The predicted molar refractivity (Wildman–Crippen MR) is 113 cm³/mol. The largest absolute Gasteiger partial charge is 0.497 e. The van der Waals surface area contributed by atoms with E-state index in [4.69, 9.17) is 10.5 Å². The number of anilines is 1. The molecule has 2 aromatic rings. The van der Waals surface area contributed by atoms with E-state index in [1.165, 1.54) is 11.8 Å². The monoisotopic (exact) mass is 415 g/mol. The number of nitrogens with zero attached hydrogens (tertiary/aromatic N) is 2. The molecule has 3 N–H and O–H groups in total. The van der Waals surface area contributed by atoms with Gasteiger partial charge in [0.1, 0.15) is 11.9 Å². The van der Waals surface area contributed by atoms with Crippen LogP contribution in [-0.4, -0.2) is 61.7 Å². The van der Waals surface area contributed by atoms with Crippen LogP contribution in [0, 0.1) is 0 Å². The molecule has 0 saturated heterocycles. The molecule has 0 bridgehead atoms. The van der Waals surface area contributed by atoms with Crippen molar-refractivity contribution in [3.63, 3.8) is 0 Å². The summed E-state index contributed by atoms with van der Waals surface area (Å²) in [6, 6.07) is 15.0. The van der Waals surface area contributed by atoms with Gasteiger partial charge in [0.15, 0.2) is 0 Å². The second-order valence-electron chi connectivity index (χ2n) is 6.92. The molecule has 0 aliphatic carbocycles. The molecule has 0 saturated carbocycles. The van der Waals surface area contributed by atoms with E-state index < -0.39 is 17.3 Å². The Labute approximate surface area is 174 Å². The second kappa shape index (κ2) is 9.30. The number of fused-ring (bicyclic) bond motifs is 1. The van der Waals surface area contributed by atoms with Crippen molar-refractivity contribution >= 4 is 29.3 Å². The van der Waals surface area contributed by atoms with Gasteiger partial charge in [-0.25, -0.2) is 0 Å². The number of ether oxygens (including phenoxy) is 1. The van der Waals surface area contributed by atoms with E-state index >= 15 is 0 Å². The molecule has 8 heteroatoms. The number of amides is 2. The number of likely N-dealkylation sites (N-methyl/N-ethyl adjacent to an activating group) is 1. The molecule has 3 rings (SSSR count). The Bertz CT molecular complexity index is 874. The summed E-state index contributed by atoms with van der Waals surface area (Å²) in [6.07, 6.45) is -1.21. The van der Waals surface area contributed by atoms with E-state index in [0.29, 0.717) is 18.8 Å². The maximum absolute atomic E-state index is 13.2. The van der Waals surface area contributed by atoms with Gasteiger partial charge in [-0.15, -0.1) is 11.8 Å². The van der Waals surface area contributed by atoms with E-state index in [1.54, 1.807) is 24.0 Å². The summed E-state index contributed by atoms with van der Waals surface area (Å²) in [4.78, 5) is 28.6. The third-order valence-electron chi connectivity index (χ3n) is 4.79. The molecular formula is C21H25N3O4S. The number of aliphatic hydroxyl groups is 1. The van der Waals surface area contributed by atoms with Crippen molar-refractivity contribution in [2.75, 3.05) is 38.7 Å². The van der Waals surface area contributed by atoms with Crippen molar-refractivity contribution in [2.24, 2.45) is 5.73 Å². The lowest BCUT2D eigenvalue weighted by Gasteiger charge is -2.27. The van der Waals surface area contributed by atoms with Gasteiger partial charge < -0.3 is 20.5 Å². The van der Waals surface area contributed by atoms with Crippen LogP contribution < -0.4 is 15.4 Å². The quantitative estimate of drug-likeness (QED) is 0.714. The number of carbonyl (C=O) groups is 2. The average molecular weight is 416 g/mol. The molecule has 154 valence electrons. The van der Waals surface area contributed by atoms with E-state index in [0.717, 1.165) is 16.1 Å². The number of hydrogen-bond acceptors (Lipinski definition) is 6. The van der Waals surface area contributed by atoms with Gasteiger partial charge in [0, 0.05) is 18.0 Å². The van der Waals surface area contributed by atoms with Crippen LogP contribution in [0.5, 0.6) is 5.75 Å². The Morgan fingerprint density at radius 1 is 1.24 bits per heavy atom. The molecule has 2 aromatic carbocycles. The van der Waals surface area contributed by atoms with Gasteiger partial charge in [-0.3, -0.25) is 14.5 Å². The van der Waals surface area contributed by atoms with Crippen molar-refractivity contribution in [3.05, 3.63) is 54.1 Å². The standard InChI is InChI=1S/C21H25N3O4S/c1-23(13-18(22)25)11-12-24-16-5-3-4-6-17(16)29-20(19(26)21(24)27)14-7-9-15(28-2)10-8-14/h3-10,19-20,26H,11-13H2,1-2H3,(H2,22,25). The fraction of sp³-hybridized carbons (Fsp3) is 0.333. The van der Waals surface area contributed by atoms with Gasteiger partial charge in [0.05, 0.1) is 24.6 Å². The van der Waals surface area contributed by atoms with Crippen LogP contribution in [0.15, 0.2) is 53.4 Å². The SMILES string of the molecule is COc1ccc(C2Sc3ccccc3N(CCN(C)CC(N)=O)C(=O)C2O)cc1. The smallest absolute Gasteiger partial charge is 0.257 e. The van der Waals surface area contributed by atoms with E-state index in [9.17, 15) is 14.7 Å². The zero-order valence-corrected chi connectivity index (χ0v) is 17.3. The average Bonchev–Trinajstić information content (AvgIpc) is 2.81. The number of carbonyl (C=O) groups excluding carboxylic acids is 2.